The molecule has 0 spiro atoms. The first-order valence-corrected chi connectivity index (χ1v) is 8.69. The Morgan fingerprint density at radius 1 is 1.08 bits per heavy atom. The molecule has 0 bridgehead atoms. The number of nitrogens with one attached hydrogen (secondary N) is 1. The molecule has 5 nitrogen and oxygen atoms in total. The van der Waals surface area contributed by atoms with Crippen LogP contribution < -0.4 is 10.1 Å². The number of hydrogen-bond acceptors (Lipinski definition) is 3. The minimum Gasteiger partial charge on any atom is -0.497 e. The highest BCUT2D eigenvalue weighted by Crippen LogP contribution is 2.20. The Balaban J connectivity index is 1.71. The lowest BCUT2D eigenvalue weighted by Crippen LogP contribution is -2.28. The van der Waals surface area contributed by atoms with Crippen LogP contribution in [0, 0.1) is 0 Å². The van der Waals surface area contributed by atoms with Crippen LogP contribution in [0.25, 0.3) is 6.08 Å². The quantitative estimate of drug-likeness (QED) is 0.839. The molecule has 26 heavy (non-hydrogen) atoms. The molecule has 0 atom stereocenters. The zero-order chi connectivity index (χ0) is 18.4. The van der Waals surface area contributed by atoms with Crippen molar-refractivity contribution in [3.63, 3.8) is 0 Å². The summed E-state index contributed by atoms with van der Waals surface area (Å²) in [6, 6.07) is 14.6. The summed E-state index contributed by atoms with van der Waals surface area (Å²) in [4.78, 5) is 26.8. The molecule has 0 saturated carbocycles. The summed E-state index contributed by atoms with van der Waals surface area (Å²) in [6.45, 7) is 1.55. The maximum absolute atomic E-state index is 12.6. The van der Waals surface area contributed by atoms with Crippen LogP contribution in [0.15, 0.2) is 54.6 Å². The van der Waals surface area contributed by atoms with Gasteiger partial charge in [-0.15, -0.1) is 0 Å². The number of benzene rings is 2. The van der Waals surface area contributed by atoms with E-state index in [1.807, 2.05) is 41.3 Å². The molecule has 1 aliphatic heterocycles. The Hall–Kier alpha value is -3.08. The van der Waals surface area contributed by atoms with Crippen molar-refractivity contribution < 1.29 is 14.3 Å². The number of methoxy groups -OCH3 is 1. The van der Waals surface area contributed by atoms with Crippen molar-refractivity contribution in [3.05, 3.63) is 65.7 Å². The summed E-state index contributed by atoms with van der Waals surface area (Å²) in [7, 11) is 1.60. The number of para-hydroxylation sites is 1. The summed E-state index contributed by atoms with van der Waals surface area (Å²) < 4.78 is 5.17. The van der Waals surface area contributed by atoms with Crippen LogP contribution in [0.1, 0.15) is 28.8 Å². The maximum atomic E-state index is 12.6. The van der Waals surface area contributed by atoms with E-state index in [2.05, 4.69) is 5.32 Å². The SMILES string of the molecule is COc1cccc(/C=C/C(=O)Nc2ccccc2C(=O)N2CCCC2)c1. The topological polar surface area (TPSA) is 58.6 Å². The van der Waals surface area contributed by atoms with Gasteiger partial charge in [0.2, 0.25) is 5.91 Å². The zero-order valence-corrected chi connectivity index (χ0v) is 14.8. The second kappa shape index (κ2) is 8.34. The molecule has 3 rings (SSSR count). The van der Waals surface area contributed by atoms with Gasteiger partial charge in [0.25, 0.3) is 5.91 Å². The highest BCUT2D eigenvalue weighted by Gasteiger charge is 2.21. The summed E-state index contributed by atoms with van der Waals surface area (Å²) in [5.41, 5.74) is 1.92. The number of nitrogens with zero attached hydrogens (tertiary/aromatic N) is 1. The van der Waals surface area contributed by atoms with E-state index in [1.54, 1.807) is 25.3 Å². The molecule has 5 heteroatoms. The van der Waals surface area contributed by atoms with Gasteiger partial charge in [0, 0.05) is 19.2 Å². The van der Waals surface area contributed by atoms with Crippen LogP contribution in [-0.4, -0.2) is 36.9 Å². The van der Waals surface area contributed by atoms with E-state index in [4.69, 9.17) is 4.74 Å². The molecule has 1 heterocycles. The molecule has 2 aromatic carbocycles. The van der Waals surface area contributed by atoms with Gasteiger partial charge < -0.3 is 15.0 Å². The number of carbonyl (C=O) groups excluding carboxylic acids is 2. The van der Waals surface area contributed by atoms with Crippen LogP contribution in [0.2, 0.25) is 0 Å². The second-order valence-corrected chi connectivity index (χ2v) is 6.14. The van der Waals surface area contributed by atoms with Gasteiger partial charge in [-0.2, -0.15) is 0 Å². The minimum atomic E-state index is -0.283. The fourth-order valence-electron chi connectivity index (χ4n) is 2.96. The number of rotatable bonds is 5. The molecule has 0 unspecified atom stereocenters. The van der Waals surface area contributed by atoms with Crippen LogP contribution >= 0.6 is 0 Å². The Morgan fingerprint density at radius 3 is 2.62 bits per heavy atom. The van der Waals surface area contributed by atoms with Crippen molar-refractivity contribution in [1.29, 1.82) is 0 Å². The smallest absolute Gasteiger partial charge is 0.255 e. The molecule has 0 radical (unpaired) electrons. The largest absolute Gasteiger partial charge is 0.497 e. The average molecular weight is 350 g/mol. The first kappa shape index (κ1) is 17.7. The molecule has 2 amide bonds. The third-order valence-corrected chi connectivity index (χ3v) is 4.33. The fraction of sp³-hybridized carbons (Fsp3) is 0.238. The number of amides is 2. The molecule has 0 aliphatic carbocycles. The number of hydrogen-bond donors (Lipinski definition) is 1. The van der Waals surface area contributed by atoms with E-state index in [9.17, 15) is 9.59 Å². The lowest BCUT2D eigenvalue weighted by Gasteiger charge is -2.17. The summed E-state index contributed by atoms with van der Waals surface area (Å²) in [5, 5.41) is 2.81. The molecule has 2 aromatic rings. The number of anilines is 1. The minimum absolute atomic E-state index is 0.0322. The van der Waals surface area contributed by atoms with Gasteiger partial charge in [-0.1, -0.05) is 24.3 Å². The lowest BCUT2D eigenvalue weighted by atomic mass is 10.1. The normalized spacial score (nSPS) is 13.8. The van der Waals surface area contributed by atoms with E-state index < -0.39 is 0 Å². The van der Waals surface area contributed by atoms with Gasteiger partial charge in [-0.25, -0.2) is 0 Å². The molecular weight excluding hydrogens is 328 g/mol. The molecule has 1 N–H and O–H groups in total. The van der Waals surface area contributed by atoms with E-state index in [0.29, 0.717) is 11.3 Å². The van der Waals surface area contributed by atoms with Crippen LogP contribution in [0.5, 0.6) is 5.75 Å². The van der Waals surface area contributed by atoms with Crippen LogP contribution in [-0.2, 0) is 4.79 Å². The molecular formula is C21H22N2O3. The van der Waals surface area contributed by atoms with Gasteiger partial charge >= 0.3 is 0 Å². The number of carbonyl (C=O) groups is 2. The van der Waals surface area contributed by atoms with Gasteiger partial charge in [0.1, 0.15) is 5.75 Å². The molecule has 0 aromatic heterocycles. The van der Waals surface area contributed by atoms with Gasteiger partial charge in [-0.3, -0.25) is 9.59 Å². The Labute approximate surface area is 153 Å². The summed E-state index contributed by atoms with van der Waals surface area (Å²) in [6.07, 6.45) is 5.22. The maximum Gasteiger partial charge on any atom is 0.255 e. The van der Waals surface area contributed by atoms with E-state index in [1.165, 1.54) is 6.08 Å². The van der Waals surface area contributed by atoms with Crippen LogP contribution in [0.3, 0.4) is 0 Å². The predicted molar refractivity (Wildman–Crippen MR) is 102 cm³/mol. The molecule has 1 fully saturated rings. The van der Waals surface area contributed by atoms with Gasteiger partial charge in [0.05, 0.1) is 18.4 Å². The van der Waals surface area contributed by atoms with Crippen molar-refractivity contribution in [2.45, 2.75) is 12.8 Å². The Bertz CT molecular complexity index is 824. The van der Waals surface area contributed by atoms with Gasteiger partial charge in [-0.05, 0) is 48.7 Å². The lowest BCUT2D eigenvalue weighted by molar-refractivity contribution is -0.111. The van der Waals surface area contributed by atoms with Crippen LogP contribution in [0.4, 0.5) is 5.69 Å². The highest BCUT2D eigenvalue weighted by molar-refractivity contribution is 6.07. The van der Waals surface area contributed by atoms with E-state index in [-0.39, 0.29) is 11.8 Å². The third kappa shape index (κ3) is 4.30. The number of likely N-dealkylation sites (tertiary alicyclic amines) is 1. The zero-order valence-electron chi connectivity index (χ0n) is 14.8. The van der Waals surface area contributed by atoms with Crippen molar-refractivity contribution >= 4 is 23.6 Å². The van der Waals surface area contributed by atoms with Crippen molar-refractivity contribution in [1.82, 2.24) is 4.90 Å². The third-order valence-electron chi connectivity index (χ3n) is 4.33. The van der Waals surface area contributed by atoms with Gasteiger partial charge in [0.15, 0.2) is 0 Å². The second-order valence-electron chi connectivity index (χ2n) is 6.14. The fourth-order valence-corrected chi connectivity index (χ4v) is 2.96. The Morgan fingerprint density at radius 2 is 1.85 bits per heavy atom. The molecule has 1 aliphatic rings. The van der Waals surface area contributed by atoms with E-state index >= 15 is 0 Å². The monoisotopic (exact) mass is 350 g/mol. The first-order valence-electron chi connectivity index (χ1n) is 8.69. The molecule has 134 valence electrons. The predicted octanol–water partition coefficient (Wildman–Crippen LogP) is 3.58. The summed E-state index contributed by atoms with van der Waals surface area (Å²) >= 11 is 0. The number of ether oxygens (including phenoxy) is 1. The Kier molecular flexibility index (Phi) is 5.69. The summed E-state index contributed by atoms with van der Waals surface area (Å²) in [5.74, 6) is 0.416. The molecule has 1 saturated heterocycles. The highest BCUT2D eigenvalue weighted by atomic mass is 16.5. The average Bonchev–Trinajstić information content (AvgIpc) is 3.21. The standard InChI is InChI=1S/C21H22N2O3/c1-26-17-8-6-7-16(15-17)11-12-20(24)22-19-10-3-2-9-18(19)21(25)23-13-4-5-14-23/h2-3,6-12,15H,4-5,13-14H2,1H3,(H,22,24)/b12-11+. The van der Waals surface area contributed by atoms with Crippen molar-refractivity contribution in [2.24, 2.45) is 0 Å². The van der Waals surface area contributed by atoms with Crippen molar-refractivity contribution in [3.8, 4) is 5.75 Å². The van der Waals surface area contributed by atoms with E-state index in [0.717, 1.165) is 37.2 Å². The van der Waals surface area contributed by atoms with Crippen molar-refractivity contribution in [2.75, 3.05) is 25.5 Å². The first-order chi connectivity index (χ1) is 12.7.